The van der Waals surface area contributed by atoms with Crippen LogP contribution >= 0.6 is 0 Å². The van der Waals surface area contributed by atoms with Crippen LogP contribution in [0.15, 0.2) is 30.3 Å². The second-order valence-corrected chi connectivity index (χ2v) is 8.36. The zero-order chi connectivity index (χ0) is 19.9. The molecule has 150 valence electrons. The van der Waals surface area contributed by atoms with Crippen molar-refractivity contribution in [3.63, 3.8) is 0 Å². The normalized spacial score (nSPS) is 22.9. The number of unbranched alkanes of at least 4 members (excludes halogenated alkanes) is 1. The third kappa shape index (κ3) is 3.42. The number of alkyl halides is 2. The van der Waals surface area contributed by atoms with Crippen molar-refractivity contribution in [1.82, 2.24) is 0 Å². The first-order valence-electron chi connectivity index (χ1n) is 10.4. The summed E-state index contributed by atoms with van der Waals surface area (Å²) >= 11 is 0. The van der Waals surface area contributed by atoms with Gasteiger partial charge in [-0.15, -0.1) is 0 Å². The van der Waals surface area contributed by atoms with E-state index in [0.29, 0.717) is 22.6 Å². The monoisotopic (exact) mass is 388 g/mol. The maximum atomic E-state index is 14.7. The summed E-state index contributed by atoms with van der Waals surface area (Å²) < 4.78 is 48.7. The van der Waals surface area contributed by atoms with Crippen molar-refractivity contribution in [2.24, 2.45) is 5.92 Å². The molecule has 1 heterocycles. The van der Waals surface area contributed by atoms with Crippen molar-refractivity contribution < 1.29 is 17.9 Å². The molecule has 28 heavy (non-hydrogen) atoms. The zero-order valence-corrected chi connectivity index (χ0v) is 16.5. The van der Waals surface area contributed by atoms with Gasteiger partial charge in [0.2, 0.25) is 0 Å². The molecule has 0 aromatic heterocycles. The molecule has 2 aromatic carbocycles. The first-order chi connectivity index (χ1) is 13.4. The molecule has 0 saturated heterocycles. The minimum atomic E-state index is -3.52. The van der Waals surface area contributed by atoms with Crippen molar-refractivity contribution >= 4 is 0 Å². The van der Waals surface area contributed by atoms with Gasteiger partial charge in [0.25, 0.3) is 0 Å². The molecule has 0 spiro atoms. The topological polar surface area (TPSA) is 9.23 Å². The van der Waals surface area contributed by atoms with Crippen LogP contribution in [0.2, 0.25) is 0 Å². The van der Waals surface area contributed by atoms with Gasteiger partial charge in [0.05, 0.1) is 5.56 Å². The molecule has 0 radical (unpaired) electrons. The Morgan fingerprint density at radius 3 is 2.46 bits per heavy atom. The Morgan fingerprint density at radius 2 is 1.75 bits per heavy atom. The molecular weight excluding hydrogens is 361 g/mol. The number of hydrogen-bond donors (Lipinski definition) is 0. The minimum absolute atomic E-state index is 0.145. The average molecular weight is 388 g/mol. The molecule has 1 aliphatic heterocycles. The van der Waals surface area contributed by atoms with Gasteiger partial charge in [-0.1, -0.05) is 50.5 Å². The molecule has 0 amide bonds. The van der Waals surface area contributed by atoms with E-state index in [1.165, 1.54) is 32.1 Å². The molecule has 0 atom stereocenters. The maximum Gasteiger partial charge on any atom is 0.427 e. The second-order valence-electron chi connectivity index (χ2n) is 8.36. The van der Waals surface area contributed by atoms with E-state index in [2.05, 4.69) is 6.92 Å². The molecule has 0 bridgehead atoms. The summed E-state index contributed by atoms with van der Waals surface area (Å²) in [6.45, 7) is 3.76. The number of hydrogen-bond acceptors (Lipinski definition) is 1. The van der Waals surface area contributed by atoms with E-state index >= 15 is 0 Å². The van der Waals surface area contributed by atoms with Gasteiger partial charge < -0.3 is 4.74 Å². The molecule has 0 N–H and O–H groups in total. The lowest BCUT2D eigenvalue weighted by Crippen LogP contribution is -2.27. The fourth-order valence-corrected chi connectivity index (χ4v) is 4.72. The van der Waals surface area contributed by atoms with Crippen LogP contribution in [0.5, 0.6) is 5.75 Å². The smallest absolute Gasteiger partial charge is 0.425 e. The highest BCUT2D eigenvalue weighted by Gasteiger charge is 2.43. The summed E-state index contributed by atoms with van der Waals surface area (Å²) in [5, 5.41) is 0. The van der Waals surface area contributed by atoms with E-state index in [0.717, 1.165) is 24.3 Å². The third-order valence-corrected chi connectivity index (χ3v) is 6.45. The van der Waals surface area contributed by atoms with Crippen LogP contribution < -0.4 is 4.74 Å². The van der Waals surface area contributed by atoms with Gasteiger partial charge in [-0.3, -0.25) is 0 Å². The fourth-order valence-electron chi connectivity index (χ4n) is 4.72. The van der Waals surface area contributed by atoms with Crippen molar-refractivity contribution in [1.29, 1.82) is 0 Å². The molecule has 1 aliphatic carbocycles. The highest BCUT2D eigenvalue weighted by Crippen LogP contribution is 2.49. The standard InChI is InChI=1S/C24H27F3O/c1-3-4-5-16-7-9-17(10-8-16)18-11-13-19-20-12-6-15(2)22(25)23(20)28-24(26,27)21(19)14-18/h6,11-14,16-17H,3-5,7-10H2,1-2H3. The van der Waals surface area contributed by atoms with E-state index < -0.39 is 11.9 Å². The third-order valence-electron chi connectivity index (χ3n) is 6.45. The van der Waals surface area contributed by atoms with E-state index in [9.17, 15) is 13.2 Å². The van der Waals surface area contributed by atoms with Crippen LogP contribution in [0.25, 0.3) is 11.1 Å². The predicted octanol–water partition coefficient (Wildman–Crippen LogP) is 7.71. The lowest BCUT2D eigenvalue weighted by atomic mass is 9.76. The zero-order valence-electron chi connectivity index (χ0n) is 16.5. The number of rotatable bonds is 4. The molecule has 2 aromatic rings. The van der Waals surface area contributed by atoms with Gasteiger partial charge in [-0.25, -0.2) is 4.39 Å². The van der Waals surface area contributed by atoms with E-state index in [4.69, 9.17) is 4.74 Å². The summed E-state index contributed by atoms with van der Waals surface area (Å²) in [6.07, 6.45) is 4.68. The van der Waals surface area contributed by atoms with Crippen molar-refractivity contribution in [3.8, 4) is 16.9 Å². The largest absolute Gasteiger partial charge is 0.427 e. The highest BCUT2D eigenvalue weighted by molar-refractivity contribution is 5.77. The Balaban J connectivity index is 1.63. The number of ether oxygens (including phenoxy) is 1. The molecular formula is C24H27F3O. The van der Waals surface area contributed by atoms with Gasteiger partial charge in [0, 0.05) is 5.56 Å². The first-order valence-corrected chi connectivity index (χ1v) is 10.4. The quantitative estimate of drug-likeness (QED) is 0.521. The van der Waals surface area contributed by atoms with E-state index in [1.54, 1.807) is 31.2 Å². The fraction of sp³-hybridized carbons (Fsp3) is 0.500. The second kappa shape index (κ2) is 7.46. The van der Waals surface area contributed by atoms with Crippen molar-refractivity contribution in [2.75, 3.05) is 0 Å². The lowest BCUT2D eigenvalue weighted by molar-refractivity contribution is -0.188. The molecule has 1 nitrogen and oxygen atoms in total. The van der Waals surface area contributed by atoms with Crippen LogP contribution in [-0.2, 0) is 6.11 Å². The van der Waals surface area contributed by atoms with E-state index in [1.807, 2.05) is 6.07 Å². The molecule has 4 heteroatoms. The summed E-state index contributed by atoms with van der Waals surface area (Å²) in [7, 11) is 0. The SMILES string of the molecule is CCCCC1CCC(c2ccc3c(c2)C(F)(F)Oc2c-3ccc(C)c2F)CC1. The molecule has 1 saturated carbocycles. The molecule has 2 aliphatic rings. The molecule has 0 unspecified atom stereocenters. The number of benzene rings is 2. The Bertz CT molecular complexity index is 866. The van der Waals surface area contributed by atoms with Crippen LogP contribution in [0.3, 0.4) is 0 Å². The van der Waals surface area contributed by atoms with Gasteiger partial charge in [-0.2, -0.15) is 8.78 Å². The molecule has 1 fully saturated rings. The summed E-state index contributed by atoms with van der Waals surface area (Å²) in [5.41, 5.74) is 1.87. The van der Waals surface area contributed by atoms with Crippen LogP contribution in [0.4, 0.5) is 13.2 Å². The Kier molecular flexibility index (Phi) is 5.15. The van der Waals surface area contributed by atoms with Crippen molar-refractivity contribution in [3.05, 3.63) is 52.8 Å². The lowest BCUT2D eigenvalue weighted by Gasteiger charge is -2.32. The van der Waals surface area contributed by atoms with Gasteiger partial charge in [-0.05, 0) is 67.2 Å². The Labute approximate surface area is 164 Å². The van der Waals surface area contributed by atoms with Gasteiger partial charge in [0.1, 0.15) is 0 Å². The van der Waals surface area contributed by atoms with Gasteiger partial charge >= 0.3 is 6.11 Å². The van der Waals surface area contributed by atoms with E-state index in [-0.39, 0.29) is 11.3 Å². The van der Waals surface area contributed by atoms with Crippen molar-refractivity contribution in [2.45, 2.75) is 70.8 Å². The maximum absolute atomic E-state index is 14.7. The number of halogens is 3. The Morgan fingerprint density at radius 1 is 1.04 bits per heavy atom. The number of aryl methyl sites for hydroxylation is 1. The van der Waals surface area contributed by atoms with Crippen LogP contribution in [0, 0.1) is 18.7 Å². The predicted molar refractivity (Wildman–Crippen MR) is 105 cm³/mol. The average Bonchev–Trinajstić information content (AvgIpc) is 2.70. The minimum Gasteiger partial charge on any atom is -0.425 e. The highest BCUT2D eigenvalue weighted by atomic mass is 19.3. The molecule has 4 rings (SSSR count). The van der Waals surface area contributed by atoms with Gasteiger partial charge in [0.15, 0.2) is 11.6 Å². The first kappa shape index (κ1) is 19.4. The summed E-state index contributed by atoms with van der Waals surface area (Å²) in [5.74, 6) is 0.0332. The summed E-state index contributed by atoms with van der Waals surface area (Å²) in [4.78, 5) is 0. The summed E-state index contributed by atoms with van der Waals surface area (Å²) in [6, 6.07) is 8.53. The van der Waals surface area contributed by atoms with Crippen LogP contribution in [-0.4, -0.2) is 0 Å². The van der Waals surface area contributed by atoms with Crippen LogP contribution in [0.1, 0.15) is 74.5 Å². The Hall–Kier alpha value is -1.97. The number of fused-ring (bicyclic) bond motifs is 3.